The van der Waals surface area contributed by atoms with E-state index in [1.165, 1.54) is 0 Å². The fraction of sp³-hybridized carbons (Fsp3) is 0. The van der Waals surface area contributed by atoms with Gasteiger partial charge in [-0.1, -0.05) is 23.2 Å². The predicted octanol–water partition coefficient (Wildman–Crippen LogP) is 4.97. The van der Waals surface area contributed by atoms with E-state index in [-0.39, 0.29) is 0 Å². The number of hydrogen-bond acceptors (Lipinski definition) is 1. The molecule has 1 aromatic carbocycles. The zero-order valence-corrected chi connectivity index (χ0v) is 9.69. The van der Waals surface area contributed by atoms with Crippen LogP contribution in [0.3, 0.4) is 0 Å². The smallest absolute Gasteiger partial charge is 0.0585 e. The van der Waals surface area contributed by atoms with Crippen molar-refractivity contribution in [3.63, 3.8) is 0 Å². The molecule has 1 heterocycles. The Hall–Kier alpha value is 0.240. The highest BCUT2D eigenvalue weighted by Gasteiger charge is 2.08. The van der Waals surface area contributed by atoms with E-state index in [4.69, 9.17) is 23.2 Å². The van der Waals surface area contributed by atoms with Crippen molar-refractivity contribution in [2.45, 2.75) is 0 Å². The van der Waals surface area contributed by atoms with Crippen LogP contribution < -0.4 is 0 Å². The molecule has 0 aliphatic carbocycles. The third-order valence-corrected chi connectivity index (χ3v) is 4.26. The number of fused-ring (bicyclic) bond motifs is 1. The molecule has 0 radical (unpaired) electrons. The van der Waals surface area contributed by atoms with Crippen LogP contribution in [-0.2, 0) is 0 Å². The Kier molecular flexibility index (Phi) is 2.34. The molecule has 62 valence electrons. The number of benzene rings is 1. The zero-order valence-electron chi connectivity index (χ0n) is 5.77. The predicted molar refractivity (Wildman–Crippen MR) is 59.5 cm³/mol. The van der Waals surface area contributed by atoms with Gasteiger partial charge in [-0.25, -0.2) is 0 Å². The minimum atomic E-state index is 0.738. The average Bonchev–Trinajstić information content (AvgIpc) is 2.42. The summed E-state index contributed by atoms with van der Waals surface area (Å²) in [4.78, 5) is 0. The van der Waals surface area contributed by atoms with E-state index < -0.39 is 0 Å². The molecule has 0 fully saturated rings. The zero-order chi connectivity index (χ0) is 8.72. The molecule has 0 atom stereocenters. The molecule has 4 heteroatoms. The van der Waals surface area contributed by atoms with Crippen molar-refractivity contribution in [3.05, 3.63) is 32.0 Å². The first-order valence-electron chi connectivity index (χ1n) is 3.21. The fourth-order valence-corrected chi connectivity index (χ4v) is 3.44. The second kappa shape index (κ2) is 3.18. The monoisotopic (exact) mass is 280 g/mol. The largest absolute Gasteiger partial charge is 0.141 e. The molecule has 0 unspecified atom stereocenters. The molecule has 0 saturated heterocycles. The maximum atomic E-state index is 5.99. The molecule has 0 amide bonds. The minimum absolute atomic E-state index is 0.738. The lowest BCUT2D eigenvalue weighted by atomic mass is 10.3. The van der Waals surface area contributed by atoms with E-state index in [1.54, 1.807) is 11.3 Å². The Bertz CT molecular complexity index is 436. The molecule has 2 aromatic rings. The van der Waals surface area contributed by atoms with Gasteiger partial charge in [0.2, 0.25) is 0 Å². The van der Waals surface area contributed by atoms with Gasteiger partial charge in [0, 0.05) is 15.2 Å². The molecule has 2 rings (SSSR count). The lowest BCUT2D eigenvalue weighted by Gasteiger charge is -1.96. The topological polar surface area (TPSA) is 0 Å². The Morgan fingerprint density at radius 3 is 2.50 bits per heavy atom. The number of halogens is 3. The summed E-state index contributed by atoms with van der Waals surface area (Å²) in [5, 5.41) is 4.49. The van der Waals surface area contributed by atoms with Crippen LogP contribution in [0.5, 0.6) is 0 Å². The second-order valence-electron chi connectivity index (χ2n) is 2.32. The van der Waals surface area contributed by atoms with Crippen LogP contribution in [0.25, 0.3) is 10.1 Å². The lowest BCUT2D eigenvalue weighted by Crippen LogP contribution is -1.68. The molecule has 1 aromatic heterocycles. The lowest BCUT2D eigenvalue weighted by molar-refractivity contribution is 1.82. The van der Waals surface area contributed by atoms with Crippen LogP contribution in [0.15, 0.2) is 22.0 Å². The van der Waals surface area contributed by atoms with Gasteiger partial charge >= 0.3 is 0 Å². The maximum Gasteiger partial charge on any atom is 0.0585 e. The Balaban J connectivity index is 2.98. The van der Waals surface area contributed by atoms with Gasteiger partial charge in [0.1, 0.15) is 0 Å². The molecule has 0 aliphatic heterocycles. The van der Waals surface area contributed by atoms with Crippen LogP contribution in [0.1, 0.15) is 0 Å². The first-order valence-corrected chi connectivity index (χ1v) is 5.63. The summed E-state index contributed by atoms with van der Waals surface area (Å²) in [5.41, 5.74) is 0. The minimum Gasteiger partial charge on any atom is -0.141 e. The molecule has 0 N–H and O–H groups in total. The summed E-state index contributed by atoms with van der Waals surface area (Å²) in [7, 11) is 0. The van der Waals surface area contributed by atoms with Crippen LogP contribution in [0.2, 0.25) is 10.0 Å². The van der Waals surface area contributed by atoms with Gasteiger partial charge in [0.25, 0.3) is 0 Å². The first-order chi connectivity index (χ1) is 5.70. The van der Waals surface area contributed by atoms with E-state index >= 15 is 0 Å². The van der Waals surface area contributed by atoms with Crippen molar-refractivity contribution in [1.82, 2.24) is 0 Å². The average molecular weight is 282 g/mol. The van der Waals surface area contributed by atoms with E-state index in [9.17, 15) is 0 Å². The molecule has 0 aliphatic rings. The standard InChI is InChI=1S/C8H3BrCl2S/c9-4-3-12-8-6(11)2-1-5(10)7(4)8/h1-3H. The first kappa shape index (κ1) is 8.82. The maximum absolute atomic E-state index is 5.99. The van der Waals surface area contributed by atoms with Gasteiger partial charge in [-0.3, -0.25) is 0 Å². The van der Waals surface area contributed by atoms with Gasteiger partial charge in [0.15, 0.2) is 0 Å². The summed E-state index contributed by atoms with van der Waals surface area (Å²) in [6, 6.07) is 3.62. The van der Waals surface area contributed by atoms with Gasteiger partial charge in [-0.05, 0) is 28.1 Å². The fourth-order valence-electron chi connectivity index (χ4n) is 1.04. The van der Waals surface area contributed by atoms with Gasteiger partial charge in [-0.15, -0.1) is 11.3 Å². The van der Waals surface area contributed by atoms with Crippen molar-refractivity contribution in [1.29, 1.82) is 0 Å². The molecule has 0 bridgehead atoms. The number of hydrogen-bond donors (Lipinski definition) is 0. The van der Waals surface area contributed by atoms with E-state index in [0.29, 0.717) is 0 Å². The van der Waals surface area contributed by atoms with Crippen molar-refractivity contribution < 1.29 is 0 Å². The highest BCUT2D eigenvalue weighted by atomic mass is 79.9. The molecular formula is C8H3BrCl2S. The third kappa shape index (κ3) is 1.27. The summed E-state index contributed by atoms with van der Waals surface area (Å²) in [6.45, 7) is 0. The second-order valence-corrected chi connectivity index (χ2v) is 4.87. The van der Waals surface area contributed by atoms with Crippen LogP contribution in [0, 0.1) is 0 Å². The van der Waals surface area contributed by atoms with Gasteiger partial charge in [0.05, 0.1) is 14.7 Å². The molecule has 0 spiro atoms. The molecule has 0 saturated carbocycles. The Morgan fingerprint density at radius 1 is 1.17 bits per heavy atom. The van der Waals surface area contributed by atoms with Crippen LogP contribution in [-0.4, -0.2) is 0 Å². The highest BCUT2D eigenvalue weighted by molar-refractivity contribution is 9.10. The van der Waals surface area contributed by atoms with Crippen LogP contribution >= 0.6 is 50.5 Å². The van der Waals surface area contributed by atoms with Gasteiger partial charge < -0.3 is 0 Å². The van der Waals surface area contributed by atoms with Crippen molar-refractivity contribution in [2.75, 3.05) is 0 Å². The molecule has 0 nitrogen and oxygen atoms in total. The highest BCUT2D eigenvalue weighted by Crippen LogP contribution is 2.39. The molecular weight excluding hydrogens is 279 g/mol. The van der Waals surface area contributed by atoms with Gasteiger partial charge in [-0.2, -0.15) is 0 Å². The van der Waals surface area contributed by atoms with E-state index in [2.05, 4.69) is 15.9 Å². The van der Waals surface area contributed by atoms with E-state index in [1.807, 2.05) is 17.5 Å². The summed E-state index contributed by atoms with van der Waals surface area (Å²) >= 11 is 17.0. The van der Waals surface area contributed by atoms with Crippen molar-refractivity contribution in [3.8, 4) is 0 Å². The van der Waals surface area contributed by atoms with E-state index in [0.717, 1.165) is 24.6 Å². The number of thiophene rings is 1. The quantitative estimate of drug-likeness (QED) is 0.639. The third-order valence-electron chi connectivity index (χ3n) is 1.58. The van der Waals surface area contributed by atoms with Crippen LogP contribution in [0.4, 0.5) is 0 Å². The summed E-state index contributed by atoms with van der Waals surface area (Å²) < 4.78 is 2.05. The summed E-state index contributed by atoms with van der Waals surface area (Å²) in [5.74, 6) is 0. The molecule has 12 heavy (non-hydrogen) atoms. The SMILES string of the molecule is Clc1ccc(Cl)c2c(Br)csc12. The van der Waals surface area contributed by atoms with Crippen molar-refractivity contribution in [2.24, 2.45) is 0 Å². The normalized spacial score (nSPS) is 10.9. The summed E-state index contributed by atoms with van der Waals surface area (Å²) in [6.07, 6.45) is 0. The number of rotatable bonds is 0. The Morgan fingerprint density at radius 2 is 1.83 bits per heavy atom. The van der Waals surface area contributed by atoms with Crippen molar-refractivity contribution >= 4 is 60.6 Å². The Labute approximate surface area is 92.2 Å².